The van der Waals surface area contributed by atoms with Crippen molar-refractivity contribution in [2.24, 2.45) is 11.8 Å². The van der Waals surface area contributed by atoms with E-state index in [4.69, 9.17) is 34.9 Å². The number of aromatic nitrogens is 1. The number of hydrogen-bond acceptors (Lipinski definition) is 11. The Balaban J connectivity index is 1.59. The van der Waals surface area contributed by atoms with Gasteiger partial charge in [0.2, 0.25) is 24.4 Å². The molecular weight excluding hydrogens is 783 g/mol. The van der Waals surface area contributed by atoms with E-state index in [9.17, 15) is 42.4 Å². The third-order valence-corrected chi connectivity index (χ3v) is 10.5. The van der Waals surface area contributed by atoms with Crippen LogP contribution in [0.3, 0.4) is 0 Å². The van der Waals surface area contributed by atoms with Crippen molar-refractivity contribution in [2.75, 3.05) is 12.9 Å². The number of benzene rings is 2. The number of carbonyl (C=O) groups excluding carboxylic acids is 4. The molecular formula is C37H45ClF2N3O12P. The lowest BCUT2D eigenvalue weighted by Gasteiger charge is -2.30. The smallest absolute Gasteiger partial charge is 0.481 e. The van der Waals surface area contributed by atoms with E-state index in [1.807, 2.05) is 0 Å². The zero-order chi connectivity index (χ0) is 41.5. The Morgan fingerprint density at radius 2 is 1.70 bits per heavy atom. The molecule has 5 atom stereocenters. The standard InChI is InChI=1S/C37H45ClF2N3O12P/c1-7-32(46)52-35(20(2)3)54-56(50,55-36(21(4)5)53-37(48)49)19-51-25-11-12-26-27(22(6)44)17-42(29(26)14-25)18-31(45)43-16-24(39)13-30(43)34(47)41-15-23-9-8-10-28(38)33(23)40/h8-12,14,17,20-21,24,30,35-36H,7,13,15-16,18-19H2,1-6H3,(H,41,47)(H,48,49)/t24-,30+,35?,36?,56?/m1/s1. The lowest BCUT2D eigenvalue weighted by molar-refractivity contribution is -0.173. The molecule has 2 amide bonds. The van der Waals surface area contributed by atoms with Crippen molar-refractivity contribution in [2.45, 2.75) is 92.3 Å². The Hall–Kier alpha value is -4.57. The van der Waals surface area contributed by atoms with Crippen molar-refractivity contribution in [1.29, 1.82) is 0 Å². The molecule has 0 radical (unpaired) electrons. The van der Waals surface area contributed by atoms with Gasteiger partial charge in [0.25, 0.3) is 0 Å². The number of Topliss-reactive ketones (excluding diaryl/α,β-unsaturated/α-hetero) is 1. The molecule has 1 fully saturated rings. The predicted octanol–water partition coefficient (Wildman–Crippen LogP) is 7.07. The van der Waals surface area contributed by atoms with E-state index in [2.05, 4.69) is 5.32 Å². The van der Waals surface area contributed by atoms with Gasteiger partial charge >= 0.3 is 19.7 Å². The summed E-state index contributed by atoms with van der Waals surface area (Å²) < 4.78 is 72.1. The molecule has 1 saturated heterocycles. The number of amides is 2. The molecule has 15 nitrogen and oxygen atoms in total. The summed E-state index contributed by atoms with van der Waals surface area (Å²) in [6.07, 6.45) is -5.85. The second-order valence-corrected chi connectivity index (χ2v) is 16.1. The fraction of sp³-hybridized carbons (Fsp3) is 0.486. The Morgan fingerprint density at radius 3 is 2.30 bits per heavy atom. The van der Waals surface area contributed by atoms with Gasteiger partial charge in [-0.3, -0.25) is 32.8 Å². The number of ketones is 1. The van der Waals surface area contributed by atoms with Gasteiger partial charge in [-0.1, -0.05) is 58.4 Å². The highest BCUT2D eigenvalue weighted by atomic mass is 35.5. The van der Waals surface area contributed by atoms with Gasteiger partial charge in [-0.15, -0.1) is 0 Å². The zero-order valence-electron chi connectivity index (χ0n) is 31.7. The number of esters is 1. The highest BCUT2D eigenvalue weighted by molar-refractivity contribution is 7.53. The Morgan fingerprint density at radius 1 is 1.04 bits per heavy atom. The van der Waals surface area contributed by atoms with Crippen LogP contribution in [-0.2, 0) is 50.6 Å². The van der Waals surface area contributed by atoms with Gasteiger partial charge in [0, 0.05) is 60.0 Å². The normalized spacial score (nSPS) is 17.7. The van der Waals surface area contributed by atoms with Crippen LogP contribution in [-0.4, -0.2) is 82.0 Å². The maximum atomic E-state index is 14.7. The molecule has 3 unspecified atom stereocenters. The van der Waals surface area contributed by atoms with E-state index in [0.29, 0.717) is 10.9 Å². The van der Waals surface area contributed by atoms with Crippen molar-refractivity contribution in [3.05, 3.63) is 64.6 Å². The van der Waals surface area contributed by atoms with Crippen LogP contribution in [0.15, 0.2) is 42.6 Å². The molecule has 2 N–H and O–H groups in total. The van der Waals surface area contributed by atoms with E-state index < -0.39 is 86.9 Å². The fourth-order valence-corrected chi connectivity index (χ4v) is 7.61. The molecule has 1 aromatic heterocycles. The molecule has 3 aromatic rings. The Kier molecular flexibility index (Phi) is 15.0. The van der Waals surface area contributed by atoms with Gasteiger partial charge in [-0.2, -0.15) is 0 Å². The van der Waals surface area contributed by atoms with Gasteiger partial charge in [-0.25, -0.2) is 13.6 Å². The molecule has 0 aliphatic carbocycles. The maximum absolute atomic E-state index is 14.7. The van der Waals surface area contributed by atoms with Crippen LogP contribution < -0.4 is 10.1 Å². The maximum Gasteiger partial charge on any atom is 0.508 e. The number of carbonyl (C=O) groups is 5. The monoisotopic (exact) mass is 827 g/mol. The van der Waals surface area contributed by atoms with Crippen molar-refractivity contribution in [1.82, 2.24) is 14.8 Å². The summed E-state index contributed by atoms with van der Waals surface area (Å²) in [7, 11) is -4.51. The van der Waals surface area contributed by atoms with Crippen molar-refractivity contribution < 1.29 is 65.7 Å². The van der Waals surface area contributed by atoms with Gasteiger partial charge in [0.05, 0.1) is 17.1 Å². The summed E-state index contributed by atoms with van der Waals surface area (Å²) in [6.45, 7) is 8.20. The fourth-order valence-electron chi connectivity index (χ4n) is 5.73. The van der Waals surface area contributed by atoms with E-state index in [0.717, 1.165) is 4.90 Å². The van der Waals surface area contributed by atoms with Crippen LogP contribution in [0.5, 0.6) is 5.75 Å². The molecule has 0 saturated carbocycles. The summed E-state index contributed by atoms with van der Waals surface area (Å²) in [5.74, 6) is -4.16. The molecule has 2 aromatic carbocycles. The van der Waals surface area contributed by atoms with Crippen molar-refractivity contribution in [3.8, 4) is 5.75 Å². The highest BCUT2D eigenvalue weighted by Crippen LogP contribution is 2.52. The number of alkyl halides is 1. The minimum absolute atomic E-state index is 0.0133. The molecule has 2 heterocycles. The minimum Gasteiger partial charge on any atom is -0.481 e. The van der Waals surface area contributed by atoms with Gasteiger partial charge in [0.1, 0.15) is 30.3 Å². The summed E-state index contributed by atoms with van der Waals surface area (Å²) in [5, 5.41) is 12.1. The highest BCUT2D eigenvalue weighted by Gasteiger charge is 2.41. The number of likely N-dealkylation sites (tertiary alicyclic amines) is 1. The predicted molar refractivity (Wildman–Crippen MR) is 198 cm³/mol. The number of carboxylic acid groups (broad SMARTS) is 1. The largest absolute Gasteiger partial charge is 0.508 e. The molecule has 0 bridgehead atoms. The van der Waals surface area contributed by atoms with Crippen molar-refractivity contribution >= 4 is 59.8 Å². The minimum atomic E-state index is -4.51. The van der Waals surface area contributed by atoms with Crippen LogP contribution in [0, 0.1) is 17.7 Å². The summed E-state index contributed by atoms with van der Waals surface area (Å²) in [5.41, 5.74) is 0.648. The first-order valence-electron chi connectivity index (χ1n) is 17.8. The average Bonchev–Trinajstić information content (AvgIpc) is 3.70. The molecule has 0 spiro atoms. The molecule has 4 rings (SSSR count). The number of nitrogens with zero attached hydrogens (tertiary/aromatic N) is 2. The summed E-state index contributed by atoms with van der Waals surface area (Å²) in [4.78, 5) is 64.1. The second kappa shape index (κ2) is 19.0. The van der Waals surface area contributed by atoms with Crippen molar-refractivity contribution in [3.63, 3.8) is 0 Å². The second-order valence-electron chi connectivity index (χ2n) is 13.8. The molecule has 1 aliphatic heterocycles. The first kappa shape index (κ1) is 44.1. The number of nitrogens with one attached hydrogen (secondary N) is 1. The Bertz CT molecular complexity index is 1990. The topological polar surface area (TPSA) is 189 Å². The number of fused-ring (bicyclic) bond motifs is 1. The number of ether oxygens (including phenoxy) is 3. The average molecular weight is 828 g/mol. The third kappa shape index (κ3) is 11.3. The Labute approximate surface area is 327 Å². The number of hydrogen-bond donors (Lipinski definition) is 2. The lowest BCUT2D eigenvalue weighted by atomic mass is 10.1. The van der Waals surface area contributed by atoms with E-state index in [1.165, 1.54) is 54.1 Å². The van der Waals surface area contributed by atoms with E-state index in [1.54, 1.807) is 34.6 Å². The van der Waals surface area contributed by atoms with Gasteiger partial charge < -0.3 is 34.1 Å². The zero-order valence-corrected chi connectivity index (χ0v) is 33.3. The van der Waals surface area contributed by atoms with E-state index >= 15 is 0 Å². The quantitative estimate of drug-likeness (QED) is 0.0576. The summed E-state index contributed by atoms with van der Waals surface area (Å²) >= 11 is 5.84. The molecule has 19 heteroatoms. The SMILES string of the molecule is CCC(=O)OC(OP(=O)(COc1ccc2c(C(C)=O)cn(CC(=O)N3C[C@H](F)C[C@H]3C(=O)NCc3cccc(Cl)c3F)c2c1)OC(OC(=O)O)C(C)C)C(C)C. The van der Waals surface area contributed by atoms with Gasteiger partial charge in [0.15, 0.2) is 12.1 Å². The lowest BCUT2D eigenvalue weighted by Crippen LogP contribution is -2.46. The van der Waals surface area contributed by atoms with Crippen LogP contribution in [0.1, 0.15) is 70.3 Å². The van der Waals surface area contributed by atoms with Crippen LogP contribution in [0.4, 0.5) is 13.6 Å². The van der Waals surface area contributed by atoms with E-state index in [-0.39, 0.29) is 53.6 Å². The molecule has 1 aliphatic rings. The first-order valence-corrected chi connectivity index (χ1v) is 19.9. The van der Waals surface area contributed by atoms with Crippen LogP contribution >= 0.6 is 19.2 Å². The number of halogens is 3. The van der Waals surface area contributed by atoms with Crippen LogP contribution in [0.2, 0.25) is 5.02 Å². The first-order chi connectivity index (χ1) is 26.3. The van der Waals surface area contributed by atoms with Gasteiger partial charge in [-0.05, 0) is 25.1 Å². The third-order valence-electron chi connectivity index (χ3n) is 8.66. The molecule has 306 valence electrons. The van der Waals surface area contributed by atoms with Crippen LogP contribution in [0.25, 0.3) is 10.9 Å². The number of rotatable bonds is 18. The molecule has 56 heavy (non-hydrogen) atoms. The summed E-state index contributed by atoms with van der Waals surface area (Å²) in [6, 6.07) is 7.51.